The van der Waals surface area contributed by atoms with Crippen molar-refractivity contribution in [3.8, 4) is 0 Å². The highest BCUT2D eigenvalue weighted by Gasteiger charge is 2.31. The third-order valence-electron chi connectivity index (χ3n) is 1.29. The molecule has 0 nitrogen and oxygen atoms in total. The van der Waals surface area contributed by atoms with Crippen LogP contribution in [0.4, 0.5) is 13.2 Å². The zero-order chi connectivity index (χ0) is 11.8. The molecular formula is C7HBrCl3F3S. The molecule has 1 rings (SSSR count). The summed E-state index contributed by atoms with van der Waals surface area (Å²) in [5.41, 5.74) is -4.43. The van der Waals surface area contributed by atoms with Gasteiger partial charge in [0.15, 0.2) is 0 Å². The minimum absolute atomic E-state index is 0.0316. The number of benzene rings is 1. The van der Waals surface area contributed by atoms with Crippen molar-refractivity contribution in [2.45, 2.75) is 10.4 Å². The molecule has 0 aliphatic rings. The van der Waals surface area contributed by atoms with E-state index in [1.165, 1.54) is 0 Å². The highest BCUT2D eigenvalue weighted by atomic mass is 79.9. The molecule has 0 atom stereocenters. The van der Waals surface area contributed by atoms with Crippen LogP contribution in [0.3, 0.4) is 0 Å². The maximum absolute atomic E-state index is 12.1. The van der Waals surface area contributed by atoms with Gasteiger partial charge in [0.05, 0.1) is 19.5 Å². The van der Waals surface area contributed by atoms with E-state index in [0.29, 0.717) is 0 Å². The third-order valence-corrected chi connectivity index (χ3v) is 4.63. The molecule has 1 aromatic carbocycles. The molecule has 0 saturated carbocycles. The highest BCUT2D eigenvalue weighted by Crippen LogP contribution is 2.46. The summed E-state index contributed by atoms with van der Waals surface area (Å²) >= 11 is 19.6. The Morgan fingerprint density at radius 2 is 1.67 bits per heavy atom. The molecule has 0 spiro atoms. The molecule has 0 saturated heterocycles. The molecule has 15 heavy (non-hydrogen) atoms. The van der Waals surface area contributed by atoms with Crippen molar-refractivity contribution in [3.05, 3.63) is 25.6 Å². The first-order valence-corrected chi connectivity index (χ1v) is 6.05. The second-order valence-corrected chi connectivity index (χ2v) is 5.41. The van der Waals surface area contributed by atoms with E-state index in [1.807, 2.05) is 0 Å². The lowest BCUT2D eigenvalue weighted by atomic mass is 10.3. The fraction of sp³-hybridized carbons (Fsp3) is 0.143. The maximum Gasteiger partial charge on any atom is 0.446 e. The fourth-order valence-electron chi connectivity index (χ4n) is 0.750. The summed E-state index contributed by atoms with van der Waals surface area (Å²) in [6.07, 6.45) is 0. The normalized spacial score (nSPS) is 11.9. The quantitative estimate of drug-likeness (QED) is 0.335. The van der Waals surface area contributed by atoms with Gasteiger partial charge in [-0.3, -0.25) is 0 Å². The molecule has 0 aliphatic heterocycles. The standard InChI is InChI=1S/C7HBrCl3F3S/c8-4-2(9)1-3(5(10)6(4)11)15-7(12,13)14/h1H. The molecule has 8 heteroatoms. The van der Waals surface area contributed by atoms with Gasteiger partial charge < -0.3 is 0 Å². The van der Waals surface area contributed by atoms with Crippen LogP contribution < -0.4 is 0 Å². The van der Waals surface area contributed by atoms with Crippen molar-refractivity contribution in [1.29, 1.82) is 0 Å². The largest absolute Gasteiger partial charge is 0.446 e. The molecule has 0 heterocycles. The van der Waals surface area contributed by atoms with E-state index in [2.05, 4.69) is 15.9 Å². The monoisotopic (exact) mass is 358 g/mol. The predicted molar refractivity (Wildman–Crippen MR) is 61.1 cm³/mol. The number of halogens is 7. The maximum atomic E-state index is 12.1. The zero-order valence-corrected chi connectivity index (χ0v) is 11.3. The first kappa shape index (κ1) is 13.8. The Balaban J connectivity index is 3.21. The Morgan fingerprint density at radius 1 is 1.13 bits per heavy atom. The molecule has 0 aliphatic carbocycles. The molecule has 0 aromatic heterocycles. The van der Waals surface area contributed by atoms with Crippen LogP contribution in [0.2, 0.25) is 15.1 Å². The van der Waals surface area contributed by atoms with Gasteiger partial charge in [-0.1, -0.05) is 34.8 Å². The van der Waals surface area contributed by atoms with Gasteiger partial charge in [-0.05, 0) is 33.8 Å². The van der Waals surface area contributed by atoms with E-state index < -0.39 is 5.51 Å². The predicted octanol–water partition coefficient (Wildman–Crippen LogP) is 6.02. The summed E-state index contributed by atoms with van der Waals surface area (Å²) in [4.78, 5) is -0.220. The van der Waals surface area contributed by atoms with E-state index >= 15 is 0 Å². The van der Waals surface area contributed by atoms with Gasteiger partial charge in [0.2, 0.25) is 0 Å². The van der Waals surface area contributed by atoms with Gasteiger partial charge >= 0.3 is 5.51 Å². The minimum Gasteiger partial charge on any atom is -0.160 e. The number of hydrogen-bond donors (Lipinski definition) is 0. The molecule has 0 fully saturated rings. The summed E-state index contributed by atoms with van der Waals surface area (Å²) in [6.45, 7) is 0. The Hall–Kier alpha value is 0.710. The minimum atomic E-state index is -4.43. The lowest BCUT2D eigenvalue weighted by molar-refractivity contribution is -0.0328. The van der Waals surface area contributed by atoms with Crippen molar-refractivity contribution >= 4 is 62.5 Å². The molecule has 0 unspecified atom stereocenters. The Kier molecular flexibility index (Phi) is 4.52. The van der Waals surface area contributed by atoms with Gasteiger partial charge in [0.25, 0.3) is 0 Å². The van der Waals surface area contributed by atoms with Crippen LogP contribution in [-0.2, 0) is 0 Å². The Bertz CT molecular complexity index is 394. The van der Waals surface area contributed by atoms with Gasteiger partial charge in [0.1, 0.15) is 0 Å². The number of hydrogen-bond acceptors (Lipinski definition) is 1. The first-order valence-electron chi connectivity index (χ1n) is 3.31. The van der Waals surface area contributed by atoms with E-state index in [4.69, 9.17) is 34.8 Å². The molecule has 84 valence electrons. The van der Waals surface area contributed by atoms with E-state index in [1.54, 1.807) is 0 Å². The van der Waals surface area contributed by atoms with Crippen LogP contribution >= 0.6 is 62.5 Å². The van der Waals surface area contributed by atoms with Crippen LogP contribution in [-0.4, -0.2) is 5.51 Å². The summed E-state index contributed by atoms with van der Waals surface area (Å²) in [5.74, 6) is 0. The van der Waals surface area contributed by atoms with Crippen LogP contribution in [0.15, 0.2) is 15.4 Å². The van der Waals surface area contributed by atoms with Gasteiger partial charge in [0, 0.05) is 4.90 Å². The SMILES string of the molecule is FC(F)(F)Sc1cc(Cl)c(Br)c(Cl)c1Cl. The molecule has 0 N–H and O–H groups in total. The van der Waals surface area contributed by atoms with E-state index in [9.17, 15) is 13.2 Å². The van der Waals surface area contributed by atoms with Crippen molar-refractivity contribution in [2.75, 3.05) is 0 Å². The third kappa shape index (κ3) is 3.60. The average molecular weight is 360 g/mol. The van der Waals surface area contributed by atoms with E-state index in [0.717, 1.165) is 6.07 Å². The Morgan fingerprint density at radius 3 is 2.13 bits per heavy atom. The molecule has 0 amide bonds. The van der Waals surface area contributed by atoms with Crippen molar-refractivity contribution in [3.63, 3.8) is 0 Å². The summed E-state index contributed by atoms with van der Waals surface area (Å²) in [7, 11) is 0. The molecule has 1 aromatic rings. The van der Waals surface area contributed by atoms with Gasteiger partial charge in [-0.25, -0.2) is 0 Å². The smallest absolute Gasteiger partial charge is 0.160 e. The summed E-state index contributed by atoms with van der Waals surface area (Å²) in [6, 6.07) is 1.11. The summed E-state index contributed by atoms with van der Waals surface area (Å²) in [5, 5.41) is -0.123. The van der Waals surface area contributed by atoms with E-state index in [-0.39, 0.29) is 36.2 Å². The Labute approximate surface area is 111 Å². The van der Waals surface area contributed by atoms with Gasteiger partial charge in [-0.15, -0.1) is 0 Å². The van der Waals surface area contributed by atoms with Crippen LogP contribution in [0, 0.1) is 0 Å². The van der Waals surface area contributed by atoms with Crippen LogP contribution in [0.5, 0.6) is 0 Å². The van der Waals surface area contributed by atoms with Crippen LogP contribution in [0.1, 0.15) is 0 Å². The van der Waals surface area contributed by atoms with Crippen molar-refractivity contribution in [2.24, 2.45) is 0 Å². The summed E-state index contributed by atoms with van der Waals surface area (Å²) < 4.78 is 36.6. The highest BCUT2D eigenvalue weighted by molar-refractivity contribution is 9.10. The van der Waals surface area contributed by atoms with Crippen molar-refractivity contribution in [1.82, 2.24) is 0 Å². The van der Waals surface area contributed by atoms with Crippen molar-refractivity contribution < 1.29 is 13.2 Å². The second kappa shape index (κ2) is 4.92. The fourth-order valence-corrected chi connectivity index (χ4v) is 2.64. The topological polar surface area (TPSA) is 0 Å². The number of rotatable bonds is 1. The van der Waals surface area contributed by atoms with Gasteiger partial charge in [-0.2, -0.15) is 13.2 Å². The second-order valence-electron chi connectivity index (χ2n) is 2.35. The number of alkyl halides is 3. The lowest BCUT2D eigenvalue weighted by Gasteiger charge is -2.10. The average Bonchev–Trinajstić information content (AvgIpc) is 2.08. The molecule has 0 bridgehead atoms. The number of thioether (sulfide) groups is 1. The lowest BCUT2D eigenvalue weighted by Crippen LogP contribution is -1.99. The molecular weight excluding hydrogens is 359 g/mol. The first-order chi connectivity index (χ1) is 6.72. The molecule has 0 radical (unpaired) electrons. The van der Waals surface area contributed by atoms with Crippen LogP contribution in [0.25, 0.3) is 0 Å². The zero-order valence-electron chi connectivity index (χ0n) is 6.63.